The van der Waals surface area contributed by atoms with Crippen molar-refractivity contribution in [2.75, 3.05) is 0 Å². The van der Waals surface area contributed by atoms with Crippen molar-refractivity contribution < 1.29 is 4.79 Å². The second kappa shape index (κ2) is 1.83. The monoisotopic (exact) mass is 122 g/mol. The van der Waals surface area contributed by atoms with Crippen LogP contribution in [0.25, 0.3) is 0 Å². The minimum absolute atomic E-state index is 0.0972. The van der Waals surface area contributed by atoms with Crippen molar-refractivity contribution in [1.82, 2.24) is 0 Å². The van der Waals surface area contributed by atoms with Gasteiger partial charge in [-0.3, -0.25) is 4.79 Å². The number of allylic oxidation sites excluding steroid dienone is 3. The SMILES string of the molecule is C=C1C(=O)C=C(C)C1C. The van der Waals surface area contributed by atoms with Crippen LogP contribution >= 0.6 is 0 Å². The third-order valence-corrected chi connectivity index (χ3v) is 1.88. The van der Waals surface area contributed by atoms with E-state index in [0.29, 0.717) is 0 Å². The Labute approximate surface area is 55.1 Å². The predicted molar refractivity (Wildman–Crippen MR) is 37.1 cm³/mol. The van der Waals surface area contributed by atoms with Crippen molar-refractivity contribution in [3.8, 4) is 0 Å². The van der Waals surface area contributed by atoms with Gasteiger partial charge in [0.05, 0.1) is 0 Å². The predicted octanol–water partition coefficient (Wildman–Crippen LogP) is 1.71. The van der Waals surface area contributed by atoms with Crippen molar-refractivity contribution in [2.24, 2.45) is 5.92 Å². The van der Waals surface area contributed by atoms with E-state index < -0.39 is 0 Å². The van der Waals surface area contributed by atoms with Gasteiger partial charge in [0.25, 0.3) is 0 Å². The van der Waals surface area contributed by atoms with Gasteiger partial charge in [0.2, 0.25) is 0 Å². The Hall–Kier alpha value is -0.850. The molecule has 48 valence electrons. The summed E-state index contributed by atoms with van der Waals surface area (Å²) in [4.78, 5) is 10.8. The summed E-state index contributed by atoms with van der Waals surface area (Å²) in [6, 6.07) is 0. The molecule has 0 radical (unpaired) electrons. The normalized spacial score (nSPS) is 26.9. The molecule has 1 aliphatic carbocycles. The fraction of sp³-hybridized carbons (Fsp3) is 0.375. The van der Waals surface area contributed by atoms with Crippen LogP contribution in [0.2, 0.25) is 0 Å². The summed E-state index contributed by atoms with van der Waals surface area (Å²) in [5.41, 5.74) is 1.86. The number of ketones is 1. The molecular weight excluding hydrogens is 112 g/mol. The minimum atomic E-state index is 0.0972. The Morgan fingerprint density at radius 3 is 2.33 bits per heavy atom. The number of hydrogen-bond acceptors (Lipinski definition) is 1. The molecule has 0 heterocycles. The maximum absolute atomic E-state index is 10.8. The highest BCUT2D eigenvalue weighted by Crippen LogP contribution is 2.25. The van der Waals surface area contributed by atoms with Crippen molar-refractivity contribution in [1.29, 1.82) is 0 Å². The van der Waals surface area contributed by atoms with Gasteiger partial charge < -0.3 is 0 Å². The molecule has 1 rings (SSSR count). The zero-order chi connectivity index (χ0) is 7.02. The summed E-state index contributed by atoms with van der Waals surface area (Å²) in [5.74, 6) is 0.373. The number of rotatable bonds is 0. The lowest BCUT2D eigenvalue weighted by atomic mass is 10.0. The Balaban J connectivity index is 2.95. The lowest BCUT2D eigenvalue weighted by Crippen LogP contribution is -1.97. The highest BCUT2D eigenvalue weighted by Gasteiger charge is 2.21. The molecule has 1 unspecified atom stereocenters. The van der Waals surface area contributed by atoms with Crippen molar-refractivity contribution in [3.05, 3.63) is 23.8 Å². The van der Waals surface area contributed by atoms with E-state index in [1.165, 1.54) is 0 Å². The fourth-order valence-corrected chi connectivity index (χ4v) is 0.913. The molecule has 1 nitrogen and oxygen atoms in total. The molecule has 0 aromatic rings. The first-order chi connectivity index (χ1) is 4.13. The summed E-state index contributed by atoms with van der Waals surface area (Å²) in [7, 11) is 0. The highest BCUT2D eigenvalue weighted by atomic mass is 16.1. The van der Waals surface area contributed by atoms with Crippen LogP contribution in [0.15, 0.2) is 23.8 Å². The van der Waals surface area contributed by atoms with Crippen molar-refractivity contribution >= 4 is 5.78 Å². The molecule has 1 heteroatoms. The summed E-state index contributed by atoms with van der Waals surface area (Å²) in [5, 5.41) is 0. The van der Waals surface area contributed by atoms with Crippen LogP contribution in [0.4, 0.5) is 0 Å². The molecule has 0 aromatic carbocycles. The topological polar surface area (TPSA) is 17.1 Å². The summed E-state index contributed by atoms with van der Waals surface area (Å²) < 4.78 is 0. The van der Waals surface area contributed by atoms with Crippen LogP contribution in [0.5, 0.6) is 0 Å². The smallest absolute Gasteiger partial charge is 0.181 e. The molecular formula is C8H10O. The van der Waals surface area contributed by atoms with Crippen LogP contribution in [0, 0.1) is 5.92 Å². The average molecular weight is 122 g/mol. The molecule has 0 amide bonds. The molecule has 0 saturated carbocycles. The van der Waals surface area contributed by atoms with Gasteiger partial charge in [0, 0.05) is 5.92 Å². The number of carbonyl (C=O) groups is 1. The third-order valence-electron chi connectivity index (χ3n) is 1.88. The van der Waals surface area contributed by atoms with E-state index in [9.17, 15) is 4.79 Å². The maximum Gasteiger partial charge on any atom is 0.181 e. The van der Waals surface area contributed by atoms with E-state index in [1.54, 1.807) is 6.08 Å². The summed E-state index contributed by atoms with van der Waals surface area (Å²) in [6.07, 6.45) is 1.66. The van der Waals surface area contributed by atoms with Crippen molar-refractivity contribution in [3.63, 3.8) is 0 Å². The van der Waals surface area contributed by atoms with Gasteiger partial charge in [-0.05, 0) is 18.6 Å². The Morgan fingerprint density at radius 1 is 1.67 bits per heavy atom. The molecule has 9 heavy (non-hydrogen) atoms. The summed E-state index contributed by atoms with van der Waals surface area (Å²) in [6.45, 7) is 7.62. The first kappa shape index (κ1) is 6.27. The highest BCUT2D eigenvalue weighted by molar-refractivity contribution is 6.07. The minimum Gasteiger partial charge on any atom is -0.290 e. The Kier molecular flexibility index (Phi) is 1.28. The van der Waals surface area contributed by atoms with Crippen LogP contribution in [-0.2, 0) is 4.79 Å². The quantitative estimate of drug-likeness (QED) is 0.447. The van der Waals surface area contributed by atoms with E-state index in [1.807, 2.05) is 13.8 Å². The van der Waals surface area contributed by atoms with Gasteiger partial charge in [-0.1, -0.05) is 19.1 Å². The second-order valence-corrected chi connectivity index (χ2v) is 2.50. The lowest BCUT2D eigenvalue weighted by molar-refractivity contribution is -0.111. The zero-order valence-electron chi connectivity index (χ0n) is 5.77. The van der Waals surface area contributed by atoms with Crippen molar-refractivity contribution in [2.45, 2.75) is 13.8 Å². The Morgan fingerprint density at radius 2 is 2.22 bits per heavy atom. The average Bonchev–Trinajstić information content (AvgIpc) is 1.98. The molecule has 0 aromatic heterocycles. The number of hydrogen-bond donors (Lipinski definition) is 0. The van der Waals surface area contributed by atoms with Crippen LogP contribution in [-0.4, -0.2) is 5.78 Å². The first-order valence-electron chi connectivity index (χ1n) is 3.04. The molecule has 1 aliphatic rings. The molecule has 0 bridgehead atoms. The van der Waals surface area contributed by atoms with E-state index in [2.05, 4.69) is 6.58 Å². The molecule has 0 aliphatic heterocycles. The maximum atomic E-state index is 10.8. The molecule has 0 spiro atoms. The van der Waals surface area contributed by atoms with Gasteiger partial charge in [0.15, 0.2) is 5.78 Å². The largest absolute Gasteiger partial charge is 0.290 e. The van der Waals surface area contributed by atoms with Gasteiger partial charge in [-0.25, -0.2) is 0 Å². The van der Waals surface area contributed by atoms with Gasteiger partial charge in [-0.15, -0.1) is 0 Å². The van der Waals surface area contributed by atoms with E-state index in [0.717, 1.165) is 11.1 Å². The summed E-state index contributed by atoms with van der Waals surface area (Å²) >= 11 is 0. The van der Waals surface area contributed by atoms with Gasteiger partial charge in [-0.2, -0.15) is 0 Å². The van der Waals surface area contributed by atoms with Gasteiger partial charge in [0.1, 0.15) is 0 Å². The Bertz CT molecular complexity index is 199. The molecule has 0 fully saturated rings. The van der Waals surface area contributed by atoms with E-state index in [4.69, 9.17) is 0 Å². The van der Waals surface area contributed by atoms with E-state index in [-0.39, 0.29) is 11.7 Å². The van der Waals surface area contributed by atoms with E-state index >= 15 is 0 Å². The first-order valence-corrected chi connectivity index (χ1v) is 3.04. The zero-order valence-corrected chi connectivity index (χ0v) is 5.77. The molecule has 1 atom stereocenters. The third kappa shape index (κ3) is 0.826. The van der Waals surface area contributed by atoms with Crippen LogP contribution in [0.1, 0.15) is 13.8 Å². The lowest BCUT2D eigenvalue weighted by Gasteiger charge is -2.01. The van der Waals surface area contributed by atoms with Crippen LogP contribution in [0.3, 0.4) is 0 Å². The van der Waals surface area contributed by atoms with Gasteiger partial charge >= 0.3 is 0 Å². The van der Waals surface area contributed by atoms with Crippen LogP contribution < -0.4 is 0 Å². The second-order valence-electron chi connectivity index (χ2n) is 2.50. The fourth-order valence-electron chi connectivity index (χ4n) is 0.913. The standard InChI is InChI=1S/C8H10O/c1-5-4-8(9)7(3)6(5)2/h4,6H,3H2,1-2H3. The molecule has 0 N–H and O–H groups in total. The number of carbonyl (C=O) groups excluding carboxylic acids is 1. The molecule has 0 saturated heterocycles.